The molecule has 0 bridgehead atoms. The Morgan fingerprint density at radius 2 is 1.91 bits per heavy atom. The van der Waals surface area contributed by atoms with E-state index >= 15 is 0 Å². The Labute approximate surface area is 138 Å². The monoisotopic (exact) mass is 342 g/mol. The first-order valence-electron chi connectivity index (χ1n) is 8.42. The molecule has 0 aromatic carbocycles. The fourth-order valence-electron chi connectivity index (χ4n) is 3.99. The van der Waals surface area contributed by atoms with Crippen LogP contribution in [0.25, 0.3) is 0 Å². The Morgan fingerprint density at radius 1 is 1.26 bits per heavy atom. The van der Waals surface area contributed by atoms with Crippen LogP contribution >= 0.6 is 0 Å². The van der Waals surface area contributed by atoms with E-state index in [0.717, 1.165) is 25.7 Å². The predicted octanol–water partition coefficient (Wildman–Crippen LogP) is 1.04. The first-order chi connectivity index (χ1) is 10.9. The van der Waals surface area contributed by atoms with Crippen LogP contribution in [0.5, 0.6) is 0 Å². The number of sulfonamides is 1. The number of piperidine rings is 1. The third kappa shape index (κ3) is 4.14. The van der Waals surface area contributed by atoms with Gasteiger partial charge in [0, 0.05) is 31.7 Å². The molecule has 0 aromatic heterocycles. The number of carbonyl (C=O) groups excluding carboxylic acids is 1. The van der Waals surface area contributed by atoms with Gasteiger partial charge in [-0.3, -0.25) is 4.79 Å². The van der Waals surface area contributed by atoms with Gasteiger partial charge in [-0.1, -0.05) is 12.2 Å². The van der Waals surface area contributed by atoms with Crippen molar-refractivity contribution in [3.8, 4) is 0 Å². The molecule has 1 amide bonds. The smallest absolute Gasteiger partial charge is 0.226 e. The van der Waals surface area contributed by atoms with Crippen molar-refractivity contribution in [2.75, 3.05) is 26.0 Å². The standard InChI is InChI=1S/C16H26N2O4S/c1-23(20,21)17-14-6-11-22-16(12-14)7-9-18(10-8-16)15(19)13-4-2-3-5-13/h2-3,13-14,17H,4-12H2,1H3. The molecular formula is C16H26N2O4S. The van der Waals surface area contributed by atoms with Crippen LogP contribution in [-0.4, -0.2) is 56.8 Å². The maximum absolute atomic E-state index is 12.5. The molecule has 130 valence electrons. The Bertz CT molecular complexity index is 571. The van der Waals surface area contributed by atoms with E-state index in [9.17, 15) is 13.2 Å². The van der Waals surface area contributed by atoms with Gasteiger partial charge in [-0.05, 0) is 38.5 Å². The van der Waals surface area contributed by atoms with Crippen LogP contribution in [0.4, 0.5) is 0 Å². The molecule has 7 heteroatoms. The summed E-state index contributed by atoms with van der Waals surface area (Å²) in [6.07, 6.45) is 10.1. The molecule has 1 N–H and O–H groups in total. The lowest BCUT2D eigenvalue weighted by molar-refractivity contribution is -0.147. The molecule has 3 aliphatic rings. The first kappa shape index (κ1) is 16.9. The van der Waals surface area contributed by atoms with Gasteiger partial charge in [0.15, 0.2) is 0 Å². The minimum absolute atomic E-state index is 0.0555. The topological polar surface area (TPSA) is 75.7 Å². The second-order valence-electron chi connectivity index (χ2n) is 7.08. The number of likely N-dealkylation sites (tertiary alicyclic amines) is 1. The molecule has 0 saturated carbocycles. The van der Waals surface area contributed by atoms with Crippen molar-refractivity contribution in [2.45, 2.75) is 50.2 Å². The first-order valence-corrected chi connectivity index (χ1v) is 10.3. The largest absolute Gasteiger partial charge is 0.375 e. The molecule has 1 spiro atoms. The number of ether oxygens (including phenoxy) is 1. The Hall–Kier alpha value is -0.920. The normalized spacial score (nSPS) is 28.4. The number of hydrogen-bond donors (Lipinski definition) is 1. The maximum Gasteiger partial charge on any atom is 0.226 e. The molecule has 6 nitrogen and oxygen atoms in total. The van der Waals surface area contributed by atoms with E-state index < -0.39 is 10.0 Å². The van der Waals surface area contributed by atoms with Gasteiger partial charge >= 0.3 is 0 Å². The van der Waals surface area contributed by atoms with Gasteiger partial charge in [-0.25, -0.2) is 13.1 Å². The van der Waals surface area contributed by atoms with Crippen LogP contribution in [0.3, 0.4) is 0 Å². The highest BCUT2D eigenvalue weighted by atomic mass is 32.2. The molecule has 2 saturated heterocycles. The summed E-state index contributed by atoms with van der Waals surface area (Å²) < 4.78 is 31.6. The van der Waals surface area contributed by atoms with Crippen LogP contribution < -0.4 is 4.72 Å². The molecule has 0 aromatic rings. The number of nitrogens with one attached hydrogen (secondary N) is 1. The number of rotatable bonds is 3. The number of amides is 1. The molecular weight excluding hydrogens is 316 g/mol. The van der Waals surface area contributed by atoms with Crippen molar-refractivity contribution in [1.82, 2.24) is 9.62 Å². The zero-order valence-electron chi connectivity index (χ0n) is 13.7. The van der Waals surface area contributed by atoms with Gasteiger partial charge in [0.1, 0.15) is 0 Å². The van der Waals surface area contributed by atoms with Crippen molar-refractivity contribution in [3.63, 3.8) is 0 Å². The Kier molecular flexibility index (Phi) is 4.80. The summed E-state index contributed by atoms with van der Waals surface area (Å²) in [6, 6.07) is -0.0555. The summed E-state index contributed by atoms with van der Waals surface area (Å²) >= 11 is 0. The van der Waals surface area contributed by atoms with Crippen LogP contribution in [0.1, 0.15) is 38.5 Å². The van der Waals surface area contributed by atoms with Crippen LogP contribution in [-0.2, 0) is 19.6 Å². The molecule has 1 atom stereocenters. The van der Waals surface area contributed by atoms with E-state index in [1.54, 1.807) is 0 Å². The molecule has 1 unspecified atom stereocenters. The van der Waals surface area contributed by atoms with Gasteiger partial charge in [-0.2, -0.15) is 0 Å². The average Bonchev–Trinajstić information content (AvgIpc) is 3.00. The summed E-state index contributed by atoms with van der Waals surface area (Å²) in [7, 11) is -3.19. The van der Waals surface area contributed by atoms with E-state index in [1.165, 1.54) is 6.26 Å². The SMILES string of the molecule is CS(=O)(=O)NC1CCOC2(CCN(C(=O)C3CC=CC3)CC2)C1. The van der Waals surface area contributed by atoms with Crippen molar-refractivity contribution in [3.05, 3.63) is 12.2 Å². The predicted molar refractivity (Wildman–Crippen MR) is 87.4 cm³/mol. The van der Waals surface area contributed by atoms with Gasteiger partial charge in [0.2, 0.25) is 15.9 Å². The van der Waals surface area contributed by atoms with E-state index in [1.807, 2.05) is 4.90 Å². The van der Waals surface area contributed by atoms with Crippen molar-refractivity contribution in [1.29, 1.82) is 0 Å². The van der Waals surface area contributed by atoms with E-state index in [-0.39, 0.29) is 23.5 Å². The molecule has 2 heterocycles. The summed E-state index contributed by atoms with van der Waals surface area (Å²) in [6.45, 7) is 2.00. The summed E-state index contributed by atoms with van der Waals surface area (Å²) in [5, 5.41) is 0. The van der Waals surface area contributed by atoms with E-state index in [2.05, 4.69) is 16.9 Å². The molecule has 2 aliphatic heterocycles. The quantitative estimate of drug-likeness (QED) is 0.778. The van der Waals surface area contributed by atoms with Crippen LogP contribution in [0.2, 0.25) is 0 Å². The lowest BCUT2D eigenvalue weighted by atomic mass is 9.82. The highest BCUT2D eigenvalue weighted by molar-refractivity contribution is 7.88. The Balaban J connectivity index is 1.55. The summed E-state index contributed by atoms with van der Waals surface area (Å²) in [5.41, 5.74) is -0.273. The van der Waals surface area contributed by atoms with Gasteiger partial charge in [-0.15, -0.1) is 0 Å². The molecule has 2 fully saturated rings. The number of hydrogen-bond acceptors (Lipinski definition) is 4. The molecule has 0 radical (unpaired) electrons. The Morgan fingerprint density at radius 3 is 2.52 bits per heavy atom. The van der Waals surface area contributed by atoms with E-state index in [4.69, 9.17) is 4.74 Å². The molecule has 3 rings (SSSR count). The van der Waals surface area contributed by atoms with Gasteiger partial charge < -0.3 is 9.64 Å². The number of nitrogens with zero attached hydrogens (tertiary/aromatic N) is 1. The summed E-state index contributed by atoms with van der Waals surface area (Å²) in [5.74, 6) is 0.377. The van der Waals surface area contributed by atoms with Crippen molar-refractivity contribution in [2.24, 2.45) is 5.92 Å². The number of allylic oxidation sites excluding steroid dienone is 2. The zero-order chi connectivity index (χ0) is 16.5. The lowest BCUT2D eigenvalue weighted by Crippen LogP contribution is -2.54. The maximum atomic E-state index is 12.5. The summed E-state index contributed by atoms with van der Waals surface area (Å²) in [4.78, 5) is 14.4. The van der Waals surface area contributed by atoms with Gasteiger partial charge in [0.25, 0.3) is 0 Å². The third-order valence-electron chi connectivity index (χ3n) is 5.22. The van der Waals surface area contributed by atoms with Crippen LogP contribution in [0.15, 0.2) is 12.2 Å². The third-order valence-corrected chi connectivity index (χ3v) is 5.98. The highest BCUT2D eigenvalue weighted by Crippen LogP contribution is 2.36. The minimum Gasteiger partial charge on any atom is -0.375 e. The van der Waals surface area contributed by atoms with Crippen LogP contribution in [0, 0.1) is 5.92 Å². The highest BCUT2D eigenvalue weighted by Gasteiger charge is 2.42. The molecule has 1 aliphatic carbocycles. The second-order valence-corrected chi connectivity index (χ2v) is 8.86. The number of carbonyl (C=O) groups is 1. The van der Waals surface area contributed by atoms with Crippen molar-refractivity contribution < 1.29 is 17.9 Å². The fraction of sp³-hybridized carbons (Fsp3) is 0.812. The van der Waals surface area contributed by atoms with Gasteiger partial charge in [0.05, 0.1) is 11.9 Å². The van der Waals surface area contributed by atoms with Crippen molar-refractivity contribution >= 4 is 15.9 Å². The molecule has 23 heavy (non-hydrogen) atoms. The zero-order valence-corrected chi connectivity index (χ0v) is 14.5. The fourth-order valence-corrected chi connectivity index (χ4v) is 4.80. The van der Waals surface area contributed by atoms with E-state index in [0.29, 0.717) is 32.5 Å². The minimum atomic E-state index is -3.19. The second kappa shape index (κ2) is 6.53. The lowest BCUT2D eigenvalue weighted by Gasteiger charge is -2.46. The average molecular weight is 342 g/mol.